The molecule has 1 aliphatic rings. The van der Waals surface area contributed by atoms with Gasteiger partial charge in [0.15, 0.2) is 0 Å². The van der Waals surface area contributed by atoms with Gasteiger partial charge >= 0.3 is 0 Å². The lowest BCUT2D eigenvalue weighted by atomic mass is 9.96. The normalized spacial score (nSPS) is 15.5. The number of carbonyl (C=O) groups excluding carboxylic acids is 2. The van der Waals surface area contributed by atoms with Crippen LogP contribution in [0.2, 0.25) is 0 Å². The summed E-state index contributed by atoms with van der Waals surface area (Å²) >= 11 is 0. The van der Waals surface area contributed by atoms with Crippen molar-refractivity contribution in [2.75, 3.05) is 10.0 Å². The number of benzene rings is 3. The molecule has 0 radical (unpaired) electrons. The highest BCUT2D eigenvalue weighted by Crippen LogP contribution is 2.38. The number of nitrogens with zero attached hydrogens (tertiary/aromatic N) is 5. The first kappa shape index (κ1) is 20.9. The Balaban J connectivity index is 1.78. The Morgan fingerprint density at radius 3 is 1.69 bits per heavy atom. The van der Waals surface area contributed by atoms with Crippen LogP contribution in [0.3, 0.4) is 0 Å². The molecule has 0 unspecified atom stereocenters. The first-order chi connectivity index (χ1) is 15.5. The van der Waals surface area contributed by atoms with E-state index in [2.05, 4.69) is 10.2 Å². The zero-order valence-corrected chi connectivity index (χ0v) is 17.2. The molecule has 4 rings (SSSR count). The summed E-state index contributed by atoms with van der Waals surface area (Å²) < 4.78 is 0. The molecule has 1 aliphatic heterocycles. The summed E-state index contributed by atoms with van der Waals surface area (Å²) in [6.45, 7) is 1.70. The van der Waals surface area contributed by atoms with E-state index in [0.717, 1.165) is 0 Å². The molecule has 1 fully saturated rings. The number of azo groups is 1. The van der Waals surface area contributed by atoms with Crippen LogP contribution in [-0.4, -0.2) is 22.3 Å². The number of amides is 2. The van der Waals surface area contributed by atoms with Crippen LogP contribution in [0.25, 0.3) is 0 Å². The summed E-state index contributed by atoms with van der Waals surface area (Å²) in [5.74, 6) is -1.04. The van der Waals surface area contributed by atoms with Crippen LogP contribution in [0.1, 0.15) is 13.3 Å². The van der Waals surface area contributed by atoms with E-state index in [1.807, 2.05) is 12.1 Å². The number of hydrazine groups is 1. The molecule has 160 valence electrons. The summed E-state index contributed by atoms with van der Waals surface area (Å²) in [5.41, 5.74) is -0.500. The molecule has 3 aromatic rings. The third-order valence-corrected chi connectivity index (χ3v) is 5.20. The molecule has 2 amide bonds. The van der Waals surface area contributed by atoms with E-state index in [1.165, 1.54) is 34.3 Å². The van der Waals surface area contributed by atoms with Crippen molar-refractivity contribution in [1.82, 2.24) is 0 Å². The Labute approximate surface area is 183 Å². The molecule has 0 N–H and O–H groups in total. The monoisotopic (exact) mass is 429 g/mol. The second kappa shape index (κ2) is 8.38. The maximum Gasteiger partial charge on any atom is 0.285 e. The average Bonchev–Trinajstić information content (AvgIpc) is 3.05. The number of para-hydroxylation sites is 2. The van der Waals surface area contributed by atoms with Crippen LogP contribution < -0.4 is 10.0 Å². The van der Waals surface area contributed by atoms with Gasteiger partial charge in [-0.1, -0.05) is 43.3 Å². The largest absolute Gasteiger partial charge is 0.285 e. The van der Waals surface area contributed by atoms with E-state index in [1.54, 1.807) is 55.5 Å². The predicted octanol–water partition coefficient (Wildman–Crippen LogP) is 4.82. The molecular weight excluding hydrogens is 410 g/mol. The molecule has 1 heterocycles. The van der Waals surface area contributed by atoms with Crippen LogP contribution in [0.5, 0.6) is 0 Å². The van der Waals surface area contributed by atoms with Gasteiger partial charge in [-0.3, -0.25) is 19.7 Å². The lowest BCUT2D eigenvalue weighted by molar-refractivity contribution is -0.384. The second-order valence-corrected chi connectivity index (χ2v) is 7.09. The minimum Gasteiger partial charge on any atom is -0.269 e. The van der Waals surface area contributed by atoms with Crippen molar-refractivity contribution in [2.45, 2.75) is 18.9 Å². The summed E-state index contributed by atoms with van der Waals surface area (Å²) in [4.78, 5) is 37.6. The molecule has 0 aromatic heterocycles. The SMILES string of the molecule is CCC1(N=Nc2ccc([N+](=O)[O-])cc2)C(=O)N(c2ccccc2)N(c2ccccc2)C1=O. The van der Waals surface area contributed by atoms with Gasteiger partial charge in [-0.15, -0.1) is 0 Å². The summed E-state index contributed by atoms with van der Waals surface area (Å²) in [6, 6.07) is 23.1. The van der Waals surface area contributed by atoms with Gasteiger partial charge in [0.05, 0.1) is 22.0 Å². The number of hydrogen-bond acceptors (Lipinski definition) is 6. The number of anilines is 2. The Kier molecular flexibility index (Phi) is 5.46. The first-order valence-electron chi connectivity index (χ1n) is 9.94. The van der Waals surface area contributed by atoms with Gasteiger partial charge in [0.2, 0.25) is 5.54 Å². The number of hydrogen-bond donors (Lipinski definition) is 0. The molecule has 0 bridgehead atoms. The number of non-ortho nitro benzene ring substituents is 1. The summed E-state index contributed by atoms with van der Waals surface area (Å²) in [6.07, 6.45) is 0.0911. The van der Waals surface area contributed by atoms with Crippen molar-refractivity contribution in [3.8, 4) is 0 Å². The fourth-order valence-electron chi connectivity index (χ4n) is 3.47. The lowest BCUT2D eigenvalue weighted by Gasteiger charge is -2.27. The number of nitro benzene ring substituents is 1. The minimum absolute atomic E-state index is 0.0901. The fourth-order valence-corrected chi connectivity index (χ4v) is 3.47. The molecular formula is C23H19N5O4. The van der Waals surface area contributed by atoms with Gasteiger partial charge in [-0.25, -0.2) is 10.0 Å². The average molecular weight is 429 g/mol. The van der Waals surface area contributed by atoms with Crippen molar-refractivity contribution in [2.24, 2.45) is 10.2 Å². The van der Waals surface area contributed by atoms with Crippen molar-refractivity contribution >= 4 is 34.6 Å². The van der Waals surface area contributed by atoms with Gasteiger partial charge in [-0.2, -0.15) is 10.2 Å². The standard InChI is InChI=1S/C23H19N5O4/c1-2-23(25-24-17-13-15-20(16-14-17)28(31)32)21(29)26(18-9-5-3-6-10-18)27(22(23)30)19-11-7-4-8-12-19/h3-16H,2H2,1H3. The minimum atomic E-state index is -1.76. The van der Waals surface area contributed by atoms with Gasteiger partial charge < -0.3 is 0 Å². The molecule has 9 heteroatoms. The van der Waals surface area contributed by atoms with Crippen LogP contribution in [-0.2, 0) is 9.59 Å². The molecule has 32 heavy (non-hydrogen) atoms. The third-order valence-electron chi connectivity index (χ3n) is 5.20. The zero-order valence-electron chi connectivity index (χ0n) is 17.2. The second-order valence-electron chi connectivity index (χ2n) is 7.09. The van der Waals surface area contributed by atoms with E-state index in [-0.39, 0.29) is 12.1 Å². The van der Waals surface area contributed by atoms with E-state index >= 15 is 0 Å². The maximum atomic E-state index is 13.6. The molecule has 9 nitrogen and oxygen atoms in total. The van der Waals surface area contributed by atoms with E-state index in [4.69, 9.17) is 0 Å². The number of nitro groups is 1. The van der Waals surface area contributed by atoms with E-state index in [9.17, 15) is 19.7 Å². The predicted molar refractivity (Wildman–Crippen MR) is 118 cm³/mol. The Hall–Kier alpha value is -4.40. The summed E-state index contributed by atoms with van der Waals surface area (Å²) in [5, 5.41) is 21.8. The van der Waals surface area contributed by atoms with Gasteiger partial charge in [-0.05, 0) is 42.8 Å². The van der Waals surface area contributed by atoms with E-state index in [0.29, 0.717) is 17.1 Å². The third kappa shape index (κ3) is 3.49. The highest BCUT2D eigenvalue weighted by atomic mass is 16.6. The van der Waals surface area contributed by atoms with Crippen molar-refractivity contribution in [3.63, 3.8) is 0 Å². The van der Waals surface area contributed by atoms with Crippen LogP contribution in [0.4, 0.5) is 22.7 Å². The Morgan fingerprint density at radius 2 is 1.28 bits per heavy atom. The van der Waals surface area contributed by atoms with Crippen molar-refractivity contribution < 1.29 is 14.5 Å². The van der Waals surface area contributed by atoms with Crippen molar-refractivity contribution in [1.29, 1.82) is 0 Å². The molecule has 0 aliphatic carbocycles. The van der Waals surface area contributed by atoms with Crippen LogP contribution in [0.15, 0.2) is 95.2 Å². The molecule has 0 saturated carbocycles. The topological polar surface area (TPSA) is 108 Å². The van der Waals surface area contributed by atoms with Crippen molar-refractivity contribution in [3.05, 3.63) is 95.0 Å². The molecule has 0 spiro atoms. The quantitative estimate of drug-likeness (QED) is 0.242. The Bertz CT molecular complexity index is 1120. The zero-order chi connectivity index (χ0) is 22.7. The molecule has 1 saturated heterocycles. The smallest absolute Gasteiger partial charge is 0.269 e. The lowest BCUT2D eigenvalue weighted by Crippen LogP contribution is -2.41. The van der Waals surface area contributed by atoms with Crippen LogP contribution >= 0.6 is 0 Å². The first-order valence-corrected chi connectivity index (χ1v) is 9.94. The molecule has 0 atom stereocenters. The highest BCUT2D eigenvalue weighted by molar-refractivity contribution is 6.29. The van der Waals surface area contributed by atoms with Gasteiger partial charge in [0, 0.05) is 12.1 Å². The number of carbonyl (C=O) groups is 2. The van der Waals surface area contributed by atoms with E-state index < -0.39 is 22.3 Å². The van der Waals surface area contributed by atoms with Gasteiger partial charge in [0.1, 0.15) is 0 Å². The molecule has 3 aromatic carbocycles. The fraction of sp³-hybridized carbons (Fsp3) is 0.130. The highest BCUT2D eigenvalue weighted by Gasteiger charge is 2.59. The summed E-state index contributed by atoms with van der Waals surface area (Å²) in [7, 11) is 0. The Morgan fingerprint density at radius 1 is 0.812 bits per heavy atom. The number of rotatable bonds is 6. The van der Waals surface area contributed by atoms with Crippen LogP contribution in [0, 0.1) is 10.1 Å². The maximum absolute atomic E-state index is 13.6. The van der Waals surface area contributed by atoms with Gasteiger partial charge in [0.25, 0.3) is 17.5 Å².